The molecule has 0 radical (unpaired) electrons. The van der Waals surface area contributed by atoms with Crippen LogP contribution in [0, 0.1) is 46.3 Å². The third-order valence-electron chi connectivity index (χ3n) is 10.4. The first-order valence-corrected chi connectivity index (χ1v) is 12.1. The summed E-state index contributed by atoms with van der Waals surface area (Å²) in [6, 6.07) is 0. The molecule has 0 heterocycles. The molecule has 4 fully saturated rings. The van der Waals surface area contributed by atoms with Crippen molar-refractivity contribution < 1.29 is 11.6 Å². The van der Waals surface area contributed by atoms with Gasteiger partial charge in [-0.1, -0.05) is 40.1 Å². The zero-order valence-corrected chi connectivity index (χ0v) is 18.4. The van der Waals surface area contributed by atoms with E-state index in [0.717, 1.165) is 23.7 Å². The Morgan fingerprint density at radius 1 is 1.07 bits per heavy atom. The van der Waals surface area contributed by atoms with Crippen LogP contribution in [0.1, 0.15) is 112 Å². The molecule has 4 aliphatic carbocycles. The number of ketones is 1. The van der Waals surface area contributed by atoms with Crippen LogP contribution >= 0.6 is 0 Å². The van der Waals surface area contributed by atoms with Crippen molar-refractivity contribution in [1.29, 1.82) is 0 Å². The monoisotopic (exact) mass is 389 g/mol. The largest absolute Gasteiger partial charge is 0.295 e. The molecule has 28 heavy (non-hydrogen) atoms. The minimum Gasteiger partial charge on any atom is -0.295 e. The first-order valence-electron chi connectivity index (χ1n) is 14.6. The molecule has 0 bridgehead atoms. The predicted octanol–water partition coefficient (Wildman–Crippen LogP) is 7.60. The molecule has 8 atom stereocenters. The molecule has 4 aliphatic rings. The van der Waals surface area contributed by atoms with Crippen LogP contribution in [-0.4, -0.2) is 5.78 Å². The van der Waals surface area contributed by atoms with Crippen LogP contribution in [0.5, 0.6) is 0 Å². The molecule has 0 N–H and O–H groups in total. The van der Waals surface area contributed by atoms with Gasteiger partial charge < -0.3 is 0 Å². The number of carbonyl (C=O) groups is 1. The lowest BCUT2D eigenvalue weighted by Crippen LogP contribution is -2.53. The summed E-state index contributed by atoms with van der Waals surface area (Å²) < 4.78 is 37.5. The zero-order chi connectivity index (χ0) is 24.2. The van der Waals surface area contributed by atoms with Gasteiger partial charge in [0.25, 0.3) is 0 Å². The Labute approximate surface area is 181 Å². The summed E-state index contributed by atoms with van der Waals surface area (Å²) in [7, 11) is 0. The molecule has 0 aromatic heterocycles. The highest BCUT2D eigenvalue weighted by atomic mass is 16.1. The summed E-state index contributed by atoms with van der Waals surface area (Å²) in [6.07, 6.45) is 14.5. The fourth-order valence-corrected chi connectivity index (χ4v) is 8.96. The first-order chi connectivity index (χ1) is 15.4. The Hall–Kier alpha value is -0.590. The van der Waals surface area contributed by atoms with E-state index in [1.165, 1.54) is 64.2 Å². The predicted molar refractivity (Wildman–Crippen MR) is 118 cm³/mol. The van der Waals surface area contributed by atoms with Crippen molar-refractivity contribution in [2.45, 2.75) is 105 Å². The number of Topliss-reactive ketones (excluding diaryl/α,β-unsaturated/α-hetero) is 1. The summed E-state index contributed by atoms with van der Waals surface area (Å²) in [5, 5.41) is 0. The van der Waals surface area contributed by atoms with Crippen molar-refractivity contribution in [3.05, 3.63) is 12.1 Å². The van der Waals surface area contributed by atoms with Gasteiger partial charge in [0, 0.05) is 10.5 Å². The number of carbonyl (C=O) groups excluding carboxylic acids is 1. The van der Waals surface area contributed by atoms with Gasteiger partial charge in [0.1, 0.15) is 0 Å². The molecular weight excluding hydrogens is 340 g/mol. The summed E-state index contributed by atoms with van der Waals surface area (Å²) in [4.78, 5) is 12.6. The van der Waals surface area contributed by atoms with Gasteiger partial charge in [0.05, 0.1) is 2.74 Å². The molecule has 0 amide bonds. The Morgan fingerprint density at radius 2 is 1.89 bits per heavy atom. The molecule has 1 heteroatoms. The van der Waals surface area contributed by atoms with Gasteiger partial charge >= 0.3 is 0 Å². The maximum absolute atomic E-state index is 12.6. The van der Waals surface area contributed by atoms with E-state index < -0.39 is 24.7 Å². The molecule has 158 valence electrons. The van der Waals surface area contributed by atoms with Crippen LogP contribution in [0.25, 0.3) is 0 Å². The van der Waals surface area contributed by atoms with Crippen molar-refractivity contribution in [2.24, 2.45) is 46.3 Å². The van der Waals surface area contributed by atoms with Crippen LogP contribution in [-0.2, 0) is 4.79 Å². The minimum absolute atomic E-state index is 0.138. The van der Waals surface area contributed by atoms with Gasteiger partial charge in [-0.25, -0.2) is 0 Å². The fourth-order valence-electron chi connectivity index (χ4n) is 8.96. The Morgan fingerprint density at radius 3 is 2.68 bits per heavy atom. The second-order valence-electron chi connectivity index (χ2n) is 11.4. The van der Waals surface area contributed by atoms with Crippen molar-refractivity contribution in [3.63, 3.8) is 0 Å². The van der Waals surface area contributed by atoms with Crippen LogP contribution in [0.2, 0.25) is 0 Å². The number of hydrogen-bond donors (Lipinski definition) is 0. The third-order valence-corrected chi connectivity index (χ3v) is 10.4. The molecule has 0 aromatic carbocycles. The smallest absolute Gasteiger partial charge is 0.157 e. The van der Waals surface area contributed by atoms with E-state index in [2.05, 4.69) is 20.8 Å². The van der Waals surface area contributed by atoms with E-state index in [9.17, 15) is 4.79 Å². The van der Waals surface area contributed by atoms with Crippen molar-refractivity contribution in [1.82, 2.24) is 0 Å². The molecule has 0 aromatic rings. The molecule has 0 saturated heterocycles. The molecule has 0 spiro atoms. The molecular formula is C27H44O. The zero-order valence-electron chi connectivity index (χ0n) is 23.4. The van der Waals surface area contributed by atoms with Crippen molar-refractivity contribution in [3.8, 4) is 0 Å². The summed E-state index contributed by atoms with van der Waals surface area (Å²) >= 11 is 0. The molecule has 1 nitrogen and oxygen atoms in total. The van der Waals surface area contributed by atoms with Gasteiger partial charge in [-0.15, -0.1) is 0 Å². The number of fused-ring (bicyclic) bond motifs is 5. The maximum atomic E-state index is 12.6. The van der Waals surface area contributed by atoms with Crippen LogP contribution in [0.4, 0.5) is 0 Å². The minimum atomic E-state index is -2.67. The van der Waals surface area contributed by atoms with E-state index >= 15 is 0 Å². The van der Waals surface area contributed by atoms with Gasteiger partial charge in [0.15, 0.2) is 5.78 Å². The van der Waals surface area contributed by atoms with Gasteiger partial charge in [0.2, 0.25) is 0 Å². The second kappa shape index (κ2) is 7.59. The summed E-state index contributed by atoms with van der Waals surface area (Å²) in [5.41, 5.74) is 0.296. The SMILES string of the molecule is [2H]C([2H])=C(C(=O)CC[C@@H](C)[C@H]1CC[C@H]2[C@@H]3CCC4CCCC[C@]4(C)[C@H]3CC[C@]12C)C([2H])([2H])[2H]. The van der Waals surface area contributed by atoms with Gasteiger partial charge in [-0.05, 0) is 117 Å². The van der Waals surface area contributed by atoms with E-state index in [4.69, 9.17) is 6.85 Å². The molecule has 4 rings (SSSR count). The lowest BCUT2D eigenvalue weighted by Gasteiger charge is -2.61. The molecule has 0 aliphatic heterocycles. The Bertz CT molecular complexity index is 784. The van der Waals surface area contributed by atoms with Crippen LogP contribution < -0.4 is 0 Å². The topological polar surface area (TPSA) is 17.1 Å². The number of rotatable bonds is 5. The number of hydrogen-bond acceptors (Lipinski definition) is 1. The normalized spacial score (nSPS) is 49.1. The molecule has 1 unspecified atom stereocenters. The van der Waals surface area contributed by atoms with Crippen molar-refractivity contribution >= 4 is 5.78 Å². The van der Waals surface area contributed by atoms with Crippen LogP contribution in [0.15, 0.2) is 12.1 Å². The van der Waals surface area contributed by atoms with E-state index in [1.807, 2.05) is 0 Å². The quantitative estimate of drug-likeness (QED) is 0.442. The van der Waals surface area contributed by atoms with E-state index in [0.29, 0.717) is 29.1 Å². The lowest BCUT2D eigenvalue weighted by atomic mass is 9.44. The highest BCUT2D eigenvalue weighted by molar-refractivity contribution is 5.94. The van der Waals surface area contributed by atoms with E-state index in [-0.39, 0.29) is 6.42 Å². The van der Waals surface area contributed by atoms with E-state index in [1.54, 1.807) is 0 Å². The first kappa shape index (κ1) is 15.2. The second-order valence-corrected chi connectivity index (χ2v) is 11.4. The number of allylic oxidation sites excluding steroid dienone is 1. The summed E-state index contributed by atoms with van der Waals surface area (Å²) in [6.45, 7) is 3.87. The van der Waals surface area contributed by atoms with Crippen LogP contribution in [0.3, 0.4) is 0 Å². The highest BCUT2D eigenvalue weighted by Crippen LogP contribution is 2.68. The van der Waals surface area contributed by atoms with Gasteiger partial charge in [-0.3, -0.25) is 4.79 Å². The highest BCUT2D eigenvalue weighted by Gasteiger charge is 2.60. The Balaban J connectivity index is 1.44. The third kappa shape index (κ3) is 3.24. The average molecular weight is 390 g/mol. The maximum Gasteiger partial charge on any atom is 0.157 e. The standard InChI is InChI=1S/C27H44O/c1-18(2)25(28)14-9-19(3)22-12-13-23-21-11-10-20-8-6-7-16-26(20,4)24(21)15-17-27(22,23)5/h19-24H,1,6-17H2,2-5H3/t19-,20?,21+,22-,23+,24+,26+,27-/m1/s1/i1D2,2D3. The lowest BCUT2D eigenvalue weighted by molar-refractivity contribution is -0.118. The van der Waals surface area contributed by atoms with Gasteiger partial charge in [-0.2, -0.15) is 0 Å². The Kier molecular flexibility index (Phi) is 4.13. The summed E-state index contributed by atoms with van der Waals surface area (Å²) in [5.74, 6) is 3.91. The fraction of sp³-hybridized carbons (Fsp3) is 0.889. The molecule has 4 saturated carbocycles. The average Bonchev–Trinajstić information content (AvgIpc) is 3.07. The van der Waals surface area contributed by atoms with Crippen molar-refractivity contribution in [2.75, 3.05) is 0 Å².